The van der Waals surface area contributed by atoms with Crippen molar-refractivity contribution in [3.63, 3.8) is 0 Å². The molecule has 2 N–H and O–H groups in total. The van der Waals surface area contributed by atoms with E-state index in [1.54, 1.807) is 19.1 Å². The predicted octanol–water partition coefficient (Wildman–Crippen LogP) is 0.763. The van der Waals surface area contributed by atoms with Crippen LogP contribution in [0.3, 0.4) is 0 Å². The van der Waals surface area contributed by atoms with E-state index in [2.05, 4.69) is 0 Å². The highest BCUT2D eigenvalue weighted by atomic mass is 32.1. The summed E-state index contributed by atoms with van der Waals surface area (Å²) in [6.07, 6.45) is 0. The number of benzene rings is 1. The lowest BCUT2D eigenvalue weighted by atomic mass is 10.1. The van der Waals surface area contributed by atoms with E-state index < -0.39 is 5.54 Å². The third-order valence-corrected chi connectivity index (χ3v) is 4.00. The molecule has 0 saturated heterocycles. The quantitative estimate of drug-likeness (QED) is 0.831. The van der Waals surface area contributed by atoms with Crippen molar-refractivity contribution in [2.24, 2.45) is 0 Å². The smallest absolute Gasteiger partial charge is 0.269 e. The van der Waals surface area contributed by atoms with Crippen molar-refractivity contribution in [3.05, 3.63) is 34.6 Å². The summed E-state index contributed by atoms with van der Waals surface area (Å²) in [6, 6.07) is 7.26. The summed E-state index contributed by atoms with van der Waals surface area (Å²) in [5.41, 5.74) is -1.09. The van der Waals surface area contributed by atoms with Crippen LogP contribution in [0, 0.1) is 0 Å². The zero-order chi connectivity index (χ0) is 11.8. The first-order valence-electron chi connectivity index (χ1n) is 4.95. The van der Waals surface area contributed by atoms with Crippen LogP contribution in [-0.2, 0) is 5.54 Å². The lowest BCUT2D eigenvalue weighted by Gasteiger charge is -2.24. The van der Waals surface area contributed by atoms with Crippen LogP contribution in [0.4, 0.5) is 0 Å². The first-order chi connectivity index (χ1) is 7.62. The van der Waals surface area contributed by atoms with Crippen LogP contribution >= 0.6 is 11.5 Å². The van der Waals surface area contributed by atoms with Crippen LogP contribution in [0.1, 0.15) is 6.92 Å². The van der Waals surface area contributed by atoms with Gasteiger partial charge < -0.3 is 10.2 Å². The fraction of sp³-hybridized carbons (Fsp3) is 0.364. The van der Waals surface area contributed by atoms with Gasteiger partial charge in [0.2, 0.25) is 0 Å². The number of hydrogen-bond acceptors (Lipinski definition) is 4. The van der Waals surface area contributed by atoms with Gasteiger partial charge in [-0.1, -0.05) is 23.7 Å². The molecule has 1 aromatic heterocycles. The number of rotatable bonds is 3. The van der Waals surface area contributed by atoms with E-state index in [1.807, 2.05) is 12.1 Å². The molecule has 0 unspecified atom stereocenters. The summed E-state index contributed by atoms with van der Waals surface area (Å²) in [6.45, 7) is 1.12. The number of aliphatic hydroxyl groups excluding tert-OH is 2. The topological polar surface area (TPSA) is 62.5 Å². The maximum Gasteiger partial charge on any atom is 0.269 e. The Labute approximate surface area is 96.5 Å². The molecule has 0 aliphatic heterocycles. The second-order valence-electron chi connectivity index (χ2n) is 4.00. The molecular formula is C11H13NO3S. The minimum absolute atomic E-state index is 0.161. The molecule has 0 radical (unpaired) electrons. The molecular weight excluding hydrogens is 226 g/mol. The Kier molecular flexibility index (Phi) is 2.84. The van der Waals surface area contributed by atoms with Crippen molar-refractivity contribution in [3.8, 4) is 0 Å². The van der Waals surface area contributed by atoms with Crippen molar-refractivity contribution >= 4 is 21.6 Å². The highest BCUT2D eigenvalue weighted by molar-refractivity contribution is 7.13. The average molecular weight is 239 g/mol. The summed E-state index contributed by atoms with van der Waals surface area (Å²) in [5.74, 6) is 0. The number of aliphatic hydroxyl groups is 2. The summed E-state index contributed by atoms with van der Waals surface area (Å²) < 4.78 is 2.30. The third kappa shape index (κ3) is 1.57. The number of nitrogens with zero attached hydrogens (tertiary/aromatic N) is 1. The lowest BCUT2D eigenvalue weighted by Crippen LogP contribution is -2.41. The van der Waals surface area contributed by atoms with E-state index in [0.717, 1.165) is 4.70 Å². The van der Waals surface area contributed by atoms with Gasteiger partial charge in [-0.15, -0.1) is 0 Å². The van der Waals surface area contributed by atoms with Gasteiger partial charge in [-0.05, 0) is 19.1 Å². The molecule has 0 amide bonds. The Hall–Kier alpha value is -1.17. The van der Waals surface area contributed by atoms with Gasteiger partial charge in [0.05, 0.1) is 23.3 Å². The summed E-state index contributed by atoms with van der Waals surface area (Å²) in [4.78, 5) is 12.0. The SMILES string of the molecule is CC(CO)(CO)n1sc2ccccc2c1=O. The van der Waals surface area contributed by atoms with Crippen LogP contribution in [0.15, 0.2) is 29.1 Å². The lowest BCUT2D eigenvalue weighted by molar-refractivity contribution is 0.0840. The summed E-state index contributed by atoms with van der Waals surface area (Å²) >= 11 is 1.26. The second-order valence-corrected chi connectivity index (χ2v) is 4.99. The molecule has 86 valence electrons. The molecule has 0 saturated carbocycles. The highest BCUT2D eigenvalue weighted by Crippen LogP contribution is 2.22. The van der Waals surface area contributed by atoms with E-state index in [0.29, 0.717) is 5.39 Å². The van der Waals surface area contributed by atoms with E-state index in [1.165, 1.54) is 15.5 Å². The minimum Gasteiger partial charge on any atom is -0.394 e. The summed E-state index contributed by atoms with van der Waals surface area (Å²) in [7, 11) is 0. The molecule has 2 aromatic rings. The van der Waals surface area contributed by atoms with E-state index in [9.17, 15) is 15.0 Å². The van der Waals surface area contributed by atoms with Gasteiger partial charge in [-0.3, -0.25) is 8.75 Å². The Morgan fingerprint density at radius 1 is 1.31 bits per heavy atom. The Balaban J connectivity index is 2.71. The van der Waals surface area contributed by atoms with Gasteiger partial charge in [0, 0.05) is 0 Å². The van der Waals surface area contributed by atoms with Crippen molar-refractivity contribution in [2.75, 3.05) is 13.2 Å². The van der Waals surface area contributed by atoms with Crippen molar-refractivity contribution < 1.29 is 10.2 Å². The molecule has 0 fully saturated rings. The summed E-state index contributed by atoms with van der Waals surface area (Å²) in [5, 5.41) is 19.2. The first kappa shape index (κ1) is 11.3. The van der Waals surface area contributed by atoms with Gasteiger partial charge in [-0.2, -0.15) is 0 Å². The van der Waals surface area contributed by atoms with Gasteiger partial charge in [0.15, 0.2) is 0 Å². The normalized spacial score (nSPS) is 12.2. The molecule has 0 aliphatic rings. The molecule has 2 rings (SSSR count). The van der Waals surface area contributed by atoms with E-state index >= 15 is 0 Å². The zero-order valence-corrected chi connectivity index (χ0v) is 9.70. The predicted molar refractivity (Wildman–Crippen MR) is 63.9 cm³/mol. The van der Waals surface area contributed by atoms with Crippen molar-refractivity contribution in [2.45, 2.75) is 12.5 Å². The molecule has 5 heteroatoms. The van der Waals surface area contributed by atoms with Crippen molar-refractivity contribution in [1.82, 2.24) is 3.96 Å². The molecule has 0 aliphatic carbocycles. The van der Waals surface area contributed by atoms with Crippen LogP contribution < -0.4 is 5.56 Å². The van der Waals surface area contributed by atoms with Crippen molar-refractivity contribution in [1.29, 1.82) is 0 Å². The fourth-order valence-electron chi connectivity index (χ4n) is 1.51. The maximum atomic E-state index is 12.0. The number of hydrogen-bond donors (Lipinski definition) is 2. The van der Waals surface area contributed by atoms with Gasteiger partial charge in [0.1, 0.15) is 5.54 Å². The monoisotopic (exact) mass is 239 g/mol. The minimum atomic E-state index is -0.930. The second kappa shape index (κ2) is 4.01. The van der Waals surface area contributed by atoms with Crippen LogP contribution in [0.2, 0.25) is 0 Å². The maximum absolute atomic E-state index is 12.0. The molecule has 0 spiro atoms. The van der Waals surface area contributed by atoms with Gasteiger partial charge in [0.25, 0.3) is 5.56 Å². The van der Waals surface area contributed by atoms with E-state index in [4.69, 9.17) is 0 Å². The molecule has 16 heavy (non-hydrogen) atoms. The fourth-order valence-corrected chi connectivity index (χ4v) is 2.61. The largest absolute Gasteiger partial charge is 0.394 e. The average Bonchev–Trinajstić information content (AvgIpc) is 2.67. The third-order valence-electron chi connectivity index (χ3n) is 2.66. The van der Waals surface area contributed by atoms with Crippen LogP contribution in [0.25, 0.3) is 10.1 Å². The molecule has 0 bridgehead atoms. The first-order valence-corrected chi connectivity index (χ1v) is 5.73. The van der Waals surface area contributed by atoms with E-state index in [-0.39, 0.29) is 18.8 Å². The van der Waals surface area contributed by atoms with Crippen LogP contribution in [0.5, 0.6) is 0 Å². The van der Waals surface area contributed by atoms with Gasteiger partial charge >= 0.3 is 0 Å². The van der Waals surface area contributed by atoms with Crippen LogP contribution in [-0.4, -0.2) is 27.4 Å². The Morgan fingerprint density at radius 3 is 2.50 bits per heavy atom. The highest BCUT2D eigenvalue weighted by Gasteiger charge is 2.28. The standard InChI is InChI=1S/C11H13NO3S/c1-11(6-13,7-14)12-10(15)8-4-2-3-5-9(8)16-12/h2-5,13-14H,6-7H2,1H3. The van der Waals surface area contributed by atoms with Gasteiger partial charge in [-0.25, -0.2) is 0 Å². The number of aromatic nitrogens is 1. The Bertz CT molecular complexity index is 554. The molecule has 4 nitrogen and oxygen atoms in total. The Morgan fingerprint density at radius 2 is 1.94 bits per heavy atom. The molecule has 1 heterocycles. The molecule has 1 aromatic carbocycles. The molecule has 0 atom stereocenters. The number of fused-ring (bicyclic) bond motifs is 1. The zero-order valence-electron chi connectivity index (χ0n) is 8.88.